The van der Waals surface area contributed by atoms with Crippen molar-refractivity contribution in [2.75, 3.05) is 5.43 Å². The minimum Gasteiger partial charge on any atom is -0.287 e. The summed E-state index contributed by atoms with van der Waals surface area (Å²) in [6.07, 6.45) is 1.00. The Morgan fingerprint density at radius 2 is 2.16 bits per heavy atom. The van der Waals surface area contributed by atoms with Crippen molar-refractivity contribution in [3.05, 3.63) is 61.1 Å². The molecule has 0 spiro atoms. The van der Waals surface area contributed by atoms with Crippen molar-refractivity contribution in [1.29, 1.82) is 5.26 Å². The number of aromatic amines is 1. The number of halogens is 2. The molecule has 1 heterocycles. The molecular formula is C11H6BrFN4O2. The fourth-order valence-electron chi connectivity index (χ4n) is 1.34. The van der Waals surface area contributed by atoms with Gasteiger partial charge in [-0.05, 0) is 18.2 Å². The summed E-state index contributed by atoms with van der Waals surface area (Å²) in [7, 11) is 0. The third-order valence-electron chi connectivity index (χ3n) is 2.23. The van der Waals surface area contributed by atoms with Gasteiger partial charge in [-0.25, -0.2) is 13.9 Å². The summed E-state index contributed by atoms with van der Waals surface area (Å²) >= 11 is 3.10. The van der Waals surface area contributed by atoms with Crippen LogP contribution in [0, 0.1) is 17.1 Å². The van der Waals surface area contributed by atoms with E-state index >= 15 is 0 Å². The molecule has 6 nitrogen and oxygen atoms in total. The Balaban J connectivity index is 2.47. The quantitative estimate of drug-likeness (QED) is 0.868. The lowest BCUT2D eigenvalue weighted by Gasteiger charge is -2.09. The highest BCUT2D eigenvalue weighted by Gasteiger charge is 2.07. The number of aromatic nitrogens is 2. The van der Waals surface area contributed by atoms with Gasteiger partial charge in [0, 0.05) is 4.47 Å². The third kappa shape index (κ3) is 2.71. The Hall–Kier alpha value is -2.40. The number of nitrogens with zero attached hydrogens (tertiary/aromatic N) is 2. The van der Waals surface area contributed by atoms with E-state index in [9.17, 15) is 14.0 Å². The van der Waals surface area contributed by atoms with E-state index in [1.807, 2.05) is 4.98 Å². The Bertz CT molecular complexity index is 791. The molecule has 2 N–H and O–H groups in total. The van der Waals surface area contributed by atoms with Crippen LogP contribution in [0.2, 0.25) is 0 Å². The van der Waals surface area contributed by atoms with E-state index in [2.05, 4.69) is 21.4 Å². The first-order valence-corrected chi connectivity index (χ1v) is 5.78. The normalized spacial score (nSPS) is 9.95. The molecule has 0 saturated carbocycles. The summed E-state index contributed by atoms with van der Waals surface area (Å²) in [6, 6.07) is 5.82. The van der Waals surface area contributed by atoms with Gasteiger partial charge in [0.25, 0.3) is 5.56 Å². The largest absolute Gasteiger partial charge is 0.347 e. The molecule has 1 aromatic heterocycles. The average Bonchev–Trinajstić information content (AvgIpc) is 2.35. The molecule has 1 aromatic carbocycles. The van der Waals surface area contributed by atoms with Crippen molar-refractivity contribution >= 4 is 21.6 Å². The molecule has 0 bridgehead atoms. The van der Waals surface area contributed by atoms with Crippen molar-refractivity contribution in [2.45, 2.75) is 0 Å². The molecule has 8 heteroatoms. The van der Waals surface area contributed by atoms with Gasteiger partial charge in [-0.3, -0.25) is 15.2 Å². The third-order valence-corrected chi connectivity index (χ3v) is 2.73. The highest BCUT2D eigenvalue weighted by Crippen LogP contribution is 2.18. The fourth-order valence-corrected chi connectivity index (χ4v) is 1.68. The standard InChI is InChI=1S/C11H6BrFN4O2/c12-7-1-2-9(8(13)3-7)16-17-5-6(4-14)10(18)15-11(17)19/h1-3,5,16H,(H,15,18,19). The van der Waals surface area contributed by atoms with E-state index in [1.54, 1.807) is 12.1 Å². The van der Waals surface area contributed by atoms with E-state index in [1.165, 1.54) is 12.1 Å². The maximum atomic E-state index is 13.6. The maximum Gasteiger partial charge on any atom is 0.347 e. The summed E-state index contributed by atoms with van der Waals surface area (Å²) in [5, 5.41) is 8.70. The number of rotatable bonds is 2. The van der Waals surface area contributed by atoms with Gasteiger partial charge >= 0.3 is 5.69 Å². The number of hydrogen-bond donors (Lipinski definition) is 2. The monoisotopic (exact) mass is 324 g/mol. The van der Waals surface area contributed by atoms with Gasteiger partial charge in [0.15, 0.2) is 0 Å². The Morgan fingerprint density at radius 3 is 2.79 bits per heavy atom. The second-order valence-corrected chi connectivity index (χ2v) is 4.44. The van der Waals surface area contributed by atoms with E-state index < -0.39 is 17.1 Å². The van der Waals surface area contributed by atoms with Gasteiger partial charge in [-0.2, -0.15) is 5.26 Å². The van der Waals surface area contributed by atoms with Crippen LogP contribution in [-0.4, -0.2) is 9.66 Å². The van der Waals surface area contributed by atoms with Crippen LogP contribution in [0.5, 0.6) is 0 Å². The van der Waals surface area contributed by atoms with Crippen molar-refractivity contribution in [3.63, 3.8) is 0 Å². The fraction of sp³-hybridized carbons (Fsp3) is 0. The van der Waals surface area contributed by atoms with Gasteiger partial charge in [-0.1, -0.05) is 15.9 Å². The summed E-state index contributed by atoms with van der Waals surface area (Å²) in [4.78, 5) is 24.6. The van der Waals surface area contributed by atoms with Crippen molar-refractivity contribution in [2.24, 2.45) is 0 Å². The second kappa shape index (κ2) is 5.07. The van der Waals surface area contributed by atoms with Crippen molar-refractivity contribution in [1.82, 2.24) is 9.66 Å². The molecule has 2 rings (SSSR count). The van der Waals surface area contributed by atoms with Gasteiger partial charge < -0.3 is 0 Å². The first-order valence-electron chi connectivity index (χ1n) is 4.99. The molecule has 0 atom stereocenters. The molecule has 0 aliphatic heterocycles. The van der Waals surface area contributed by atoms with Crippen LogP contribution < -0.4 is 16.7 Å². The number of anilines is 1. The van der Waals surface area contributed by atoms with Crippen LogP contribution in [0.25, 0.3) is 0 Å². The van der Waals surface area contributed by atoms with Crippen molar-refractivity contribution < 1.29 is 4.39 Å². The van der Waals surface area contributed by atoms with Crippen LogP contribution in [0.15, 0.2) is 38.5 Å². The summed E-state index contributed by atoms with van der Waals surface area (Å²) in [5.41, 5.74) is 0.636. The SMILES string of the molecule is N#Cc1cn(Nc2ccc(Br)cc2F)c(=O)[nH]c1=O. The Morgan fingerprint density at radius 1 is 1.42 bits per heavy atom. The van der Waals surface area contributed by atoms with E-state index in [-0.39, 0.29) is 11.3 Å². The smallest absolute Gasteiger partial charge is 0.287 e. The zero-order chi connectivity index (χ0) is 14.0. The molecule has 0 fully saturated rings. The first kappa shape index (κ1) is 13.0. The molecule has 19 heavy (non-hydrogen) atoms. The van der Waals surface area contributed by atoms with Gasteiger partial charge in [0.05, 0.1) is 11.9 Å². The molecule has 96 valence electrons. The number of H-pyrrole nitrogens is 1. The lowest BCUT2D eigenvalue weighted by atomic mass is 10.3. The highest BCUT2D eigenvalue weighted by atomic mass is 79.9. The summed E-state index contributed by atoms with van der Waals surface area (Å²) in [6.45, 7) is 0. The van der Waals surface area contributed by atoms with Gasteiger partial charge in [0.2, 0.25) is 0 Å². The van der Waals surface area contributed by atoms with Gasteiger partial charge in [0.1, 0.15) is 17.4 Å². The van der Waals surface area contributed by atoms with E-state index in [0.29, 0.717) is 4.47 Å². The average molecular weight is 325 g/mol. The molecule has 0 radical (unpaired) electrons. The van der Waals surface area contributed by atoms with Gasteiger partial charge in [-0.15, -0.1) is 0 Å². The summed E-state index contributed by atoms with van der Waals surface area (Å²) < 4.78 is 15.0. The molecular weight excluding hydrogens is 319 g/mol. The molecule has 0 unspecified atom stereocenters. The maximum absolute atomic E-state index is 13.6. The zero-order valence-electron chi connectivity index (χ0n) is 9.28. The second-order valence-electron chi connectivity index (χ2n) is 3.52. The lowest BCUT2D eigenvalue weighted by Crippen LogP contribution is -2.34. The number of nitriles is 1. The molecule has 2 aromatic rings. The molecule has 0 amide bonds. The Kier molecular flexibility index (Phi) is 3.48. The first-order chi connectivity index (χ1) is 9.01. The van der Waals surface area contributed by atoms with Crippen LogP contribution in [0.1, 0.15) is 5.56 Å². The molecule has 0 saturated heterocycles. The molecule has 0 aliphatic rings. The highest BCUT2D eigenvalue weighted by molar-refractivity contribution is 9.10. The lowest BCUT2D eigenvalue weighted by molar-refractivity contribution is 0.625. The topological polar surface area (TPSA) is 90.7 Å². The van der Waals surface area contributed by atoms with Crippen LogP contribution in [-0.2, 0) is 0 Å². The van der Waals surface area contributed by atoms with Crippen LogP contribution in [0.3, 0.4) is 0 Å². The molecule has 0 aliphatic carbocycles. The van der Waals surface area contributed by atoms with E-state index in [0.717, 1.165) is 10.9 Å². The number of hydrogen-bond acceptors (Lipinski definition) is 4. The Labute approximate surface area is 114 Å². The number of benzene rings is 1. The van der Waals surface area contributed by atoms with Crippen molar-refractivity contribution in [3.8, 4) is 6.07 Å². The predicted octanol–water partition coefficient (Wildman–Crippen LogP) is 1.19. The zero-order valence-corrected chi connectivity index (χ0v) is 10.9. The predicted molar refractivity (Wildman–Crippen MR) is 69.2 cm³/mol. The summed E-state index contributed by atoms with van der Waals surface area (Å²) in [5.74, 6) is -0.592. The minimum absolute atomic E-state index is 0.0289. The van der Waals surface area contributed by atoms with Crippen LogP contribution in [0.4, 0.5) is 10.1 Å². The van der Waals surface area contributed by atoms with E-state index in [4.69, 9.17) is 5.26 Å². The number of nitrogens with one attached hydrogen (secondary N) is 2. The minimum atomic E-state index is -0.800. The van der Waals surface area contributed by atoms with Crippen LogP contribution >= 0.6 is 15.9 Å².